The van der Waals surface area contributed by atoms with Gasteiger partial charge in [0.1, 0.15) is 0 Å². The summed E-state index contributed by atoms with van der Waals surface area (Å²) in [6, 6.07) is 8.67. The Kier molecular flexibility index (Phi) is 4.59. The number of nitrogens with one attached hydrogen (secondary N) is 2. The fourth-order valence-corrected chi connectivity index (χ4v) is 3.36. The molecule has 1 saturated heterocycles. The molecule has 2 unspecified atom stereocenters. The topological polar surface area (TPSA) is 41.1 Å². The number of rotatable bonds is 6. The lowest BCUT2D eigenvalue weighted by molar-refractivity contribution is -0.122. The number of carbonyl (C=O) groups is 1. The van der Waals surface area contributed by atoms with E-state index in [0.717, 1.165) is 19.5 Å². The summed E-state index contributed by atoms with van der Waals surface area (Å²) < 4.78 is 0. The third kappa shape index (κ3) is 3.85. The van der Waals surface area contributed by atoms with Crippen LogP contribution in [0.4, 0.5) is 0 Å². The van der Waals surface area contributed by atoms with E-state index in [4.69, 9.17) is 0 Å². The van der Waals surface area contributed by atoms with Crippen LogP contribution < -0.4 is 10.6 Å². The first kappa shape index (κ1) is 14.6. The van der Waals surface area contributed by atoms with Crippen molar-refractivity contribution in [2.24, 2.45) is 11.8 Å². The molecule has 2 fully saturated rings. The van der Waals surface area contributed by atoms with Crippen LogP contribution in [0.2, 0.25) is 0 Å². The fourth-order valence-electron chi connectivity index (χ4n) is 3.36. The average molecular weight is 286 g/mol. The first-order valence-electron chi connectivity index (χ1n) is 8.29. The van der Waals surface area contributed by atoms with Crippen LogP contribution in [0.3, 0.4) is 0 Å². The van der Waals surface area contributed by atoms with Gasteiger partial charge in [0.05, 0.1) is 6.04 Å². The van der Waals surface area contributed by atoms with Crippen molar-refractivity contribution >= 4 is 5.91 Å². The molecule has 1 aliphatic heterocycles. The second-order valence-corrected chi connectivity index (χ2v) is 6.64. The predicted molar refractivity (Wildman–Crippen MR) is 85.0 cm³/mol. The summed E-state index contributed by atoms with van der Waals surface area (Å²) in [6.45, 7) is 4.33. The molecule has 0 bridgehead atoms. The summed E-state index contributed by atoms with van der Waals surface area (Å²) in [7, 11) is 0. The van der Waals surface area contributed by atoms with E-state index >= 15 is 0 Å². The molecule has 3 nitrogen and oxygen atoms in total. The SMILES string of the molecule is Cc1ccccc1C(NC(=O)CCC1CCNC1)C1CC1. The summed E-state index contributed by atoms with van der Waals surface area (Å²) in [5.74, 6) is 1.55. The molecule has 2 N–H and O–H groups in total. The van der Waals surface area contributed by atoms with E-state index in [1.54, 1.807) is 0 Å². The minimum absolute atomic E-state index is 0.223. The van der Waals surface area contributed by atoms with E-state index in [1.165, 1.54) is 30.4 Å². The van der Waals surface area contributed by atoms with Gasteiger partial charge < -0.3 is 10.6 Å². The van der Waals surface area contributed by atoms with Crippen molar-refractivity contribution in [1.82, 2.24) is 10.6 Å². The highest BCUT2D eigenvalue weighted by Crippen LogP contribution is 2.41. The Morgan fingerprint density at radius 3 is 2.81 bits per heavy atom. The molecule has 1 saturated carbocycles. The van der Waals surface area contributed by atoms with Crippen molar-refractivity contribution < 1.29 is 4.79 Å². The molecule has 0 aromatic heterocycles. The monoisotopic (exact) mass is 286 g/mol. The summed E-state index contributed by atoms with van der Waals surface area (Å²) in [5.41, 5.74) is 2.59. The molecular formula is C18H26N2O. The smallest absolute Gasteiger partial charge is 0.220 e. The highest BCUT2D eigenvalue weighted by atomic mass is 16.1. The molecule has 1 aromatic carbocycles. The largest absolute Gasteiger partial charge is 0.349 e. The quantitative estimate of drug-likeness (QED) is 0.844. The van der Waals surface area contributed by atoms with Crippen LogP contribution in [0.15, 0.2) is 24.3 Å². The number of hydrogen-bond acceptors (Lipinski definition) is 2. The van der Waals surface area contributed by atoms with Crippen molar-refractivity contribution in [2.75, 3.05) is 13.1 Å². The highest BCUT2D eigenvalue weighted by molar-refractivity contribution is 5.76. The van der Waals surface area contributed by atoms with Crippen molar-refractivity contribution in [3.63, 3.8) is 0 Å². The van der Waals surface area contributed by atoms with Crippen LogP contribution in [-0.2, 0) is 4.79 Å². The van der Waals surface area contributed by atoms with Gasteiger partial charge in [-0.15, -0.1) is 0 Å². The second-order valence-electron chi connectivity index (χ2n) is 6.64. The van der Waals surface area contributed by atoms with Crippen LogP contribution in [-0.4, -0.2) is 19.0 Å². The van der Waals surface area contributed by atoms with E-state index < -0.39 is 0 Å². The Balaban J connectivity index is 1.57. The summed E-state index contributed by atoms with van der Waals surface area (Å²) in [4.78, 5) is 12.3. The number of hydrogen-bond donors (Lipinski definition) is 2. The Hall–Kier alpha value is -1.35. The maximum atomic E-state index is 12.3. The van der Waals surface area contributed by atoms with Crippen LogP contribution in [0.5, 0.6) is 0 Å². The van der Waals surface area contributed by atoms with Crippen molar-refractivity contribution in [3.05, 3.63) is 35.4 Å². The van der Waals surface area contributed by atoms with Gasteiger partial charge in [0.15, 0.2) is 0 Å². The van der Waals surface area contributed by atoms with Gasteiger partial charge in [0.2, 0.25) is 5.91 Å². The summed E-state index contributed by atoms with van der Waals surface area (Å²) in [5, 5.41) is 6.67. The van der Waals surface area contributed by atoms with E-state index in [2.05, 4.69) is 41.8 Å². The molecule has 3 rings (SSSR count). The average Bonchev–Trinajstić information content (AvgIpc) is 3.19. The van der Waals surface area contributed by atoms with Gasteiger partial charge in [-0.3, -0.25) is 4.79 Å². The minimum Gasteiger partial charge on any atom is -0.349 e. The number of benzene rings is 1. The van der Waals surface area contributed by atoms with Gasteiger partial charge in [-0.25, -0.2) is 0 Å². The Bertz CT molecular complexity index is 490. The van der Waals surface area contributed by atoms with Gasteiger partial charge in [-0.2, -0.15) is 0 Å². The molecule has 114 valence electrons. The molecule has 2 aliphatic rings. The first-order valence-corrected chi connectivity index (χ1v) is 8.29. The van der Waals surface area contributed by atoms with Crippen molar-refractivity contribution in [3.8, 4) is 0 Å². The van der Waals surface area contributed by atoms with E-state index in [1.807, 2.05) is 0 Å². The Morgan fingerprint density at radius 2 is 2.14 bits per heavy atom. The highest BCUT2D eigenvalue weighted by Gasteiger charge is 2.34. The lowest BCUT2D eigenvalue weighted by Gasteiger charge is -2.21. The molecule has 1 heterocycles. The van der Waals surface area contributed by atoms with Crippen molar-refractivity contribution in [2.45, 2.75) is 45.1 Å². The summed E-state index contributed by atoms with van der Waals surface area (Å²) >= 11 is 0. The predicted octanol–water partition coefficient (Wildman–Crippen LogP) is 2.95. The maximum Gasteiger partial charge on any atom is 0.220 e. The van der Waals surface area contributed by atoms with Gasteiger partial charge in [-0.1, -0.05) is 24.3 Å². The molecular weight excluding hydrogens is 260 g/mol. The molecule has 1 aromatic rings. The van der Waals surface area contributed by atoms with E-state index in [0.29, 0.717) is 18.3 Å². The van der Waals surface area contributed by atoms with Gasteiger partial charge in [0.25, 0.3) is 0 Å². The lowest BCUT2D eigenvalue weighted by atomic mass is 9.97. The summed E-state index contributed by atoms with van der Waals surface area (Å²) in [6.07, 6.45) is 5.39. The van der Waals surface area contributed by atoms with Gasteiger partial charge in [0, 0.05) is 6.42 Å². The van der Waals surface area contributed by atoms with Crippen LogP contribution in [0.1, 0.15) is 49.3 Å². The Morgan fingerprint density at radius 1 is 1.33 bits per heavy atom. The van der Waals surface area contributed by atoms with Crippen LogP contribution >= 0.6 is 0 Å². The van der Waals surface area contributed by atoms with Crippen LogP contribution in [0.25, 0.3) is 0 Å². The molecule has 1 aliphatic carbocycles. The van der Waals surface area contributed by atoms with Gasteiger partial charge >= 0.3 is 0 Å². The molecule has 2 atom stereocenters. The second kappa shape index (κ2) is 6.61. The zero-order valence-electron chi connectivity index (χ0n) is 12.9. The fraction of sp³-hybridized carbons (Fsp3) is 0.611. The first-order chi connectivity index (χ1) is 10.2. The molecule has 0 radical (unpaired) electrons. The zero-order chi connectivity index (χ0) is 14.7. The third-order valence-electron chi connectivity index (χ3n) is 4.88. The number of amides is 1. The molecule has 21 heavy (non-hydrogen) atoms. The normalized spacial score (nSPS) is 23.0. The Labute approximate surface area is 127 Å². The van der Waals surface area contributed by atoms with Gasteiger partial charge in [-0.05, 0) is 68.7 Å². The maximum absolute atomic E-state index is 12.3. The van der Waals surface area contributed by atoms with Crippen molar-refractivity contribution in [1.29, 1.82) is 0 Å². The minimum atomic E-state index is 0.223. The molecule has 3 heteroatoms. The third-order valence-corrected chi connectivity index (χ3v) is 4.88. The number of carbonyl (C=O) groups excluding carboxylic acids is 1. The molecule has 0 spiro atoms. The lowest BCUT2D eigenvalue weighted by Crippen LogP contribution is -2.30. The molecule has 1 amide bonds. The van der Waals surface area contributed by atoms with E-state index in [9.17, 15) is 4.79 Å². The standard InChI is InChI=1S/C18H26N2O/c1-13-4-2-3-5-16(13)18(15-7-8-15)20-17(21)9-6-14-10-11-19-12-14/h2-5,14-15,18-19H,6-12H2,1H3,(H,20,21). The number of aryl methyl sites for hydroxylation is 1. The van der Waals surface area contributed by atoms with Crippen LogP contribution in [0, 0.1) is 18.8 Å². The zero-order valence-corrected chi connectivity index (χ0v) is 12.9. The van der Waals surface area contributed by atoms with E-state index in [-0.39, 0.29) is 11.9 Å².